The molecule has 0 amide bonds. The van der Waals surface area contributed by atoms with E-state index in [1.54, 1.807) is 18.2 Å². The zero-order valence-electron chi connectivity index (χ0n) is 12.7. The van der Waals surface area contributed by atoms with E-state index in [-0.39, 0.29) is 29.5 Å². The van der Waals surface area contributed by atoms with Gasteiger partial charge in [0.2, 0.25) is 0 Å². The second-order valence-corrected chi connectivity index (χ2v) is 5.11. The largest absolute Gasteiger partial charge is 0.508 e. The first-order chi connectivity index (χ1) is 11.4. The standard InChI is InChI=1S/C19H16O5/c20-15-6-1-13(2-7-15)3-8-16(21)11-17(22)9-4-14-5-10-18(23)12-19(14)24/h1-10,12,20,23-24H,11H2. The lowest BCUT2D eigenvalue weighted by molar-refractivity contribution is -0.121. The minimum Gasteiger partial charge on any atom is -0.508 e. The van der Waals surface area contributed by atoms with Gasteiger partial charge in [-0.25, -0.2) is 0 Å². The molecule has 2 aromatic carbocycles. The molecule has 0 saturated heterocycles. The highest BCUT2D eigenvalue weighted by molar-refractivity contribution is 6.10. The molecule has 0 fully saturated rings. The predicted molar refractivity (Wildman–Crippen MR) is 90.6 cm³/mol. The van der Waals surface area contributed by atoms with Gasteiger partial charge in [-0.15, -0.1) is 0 Å². The summed E-state index contributed by atoms with van der Waals surface area (Å²) < 4.78 is 0. The van der Waals surface area contributed by atoms with Gasteiger partial charge in [0.1, 0.15) is 17.2 Å². The number of rotatable bonds is 6. The molecular formula is C19H16O5. The number of carbonyl (C=O) groups is 2. The molecule has 24 heavy (non-hydrogen) atoms. The number of phenolic OH excluding ortho intramolecular Hbond substituents is 3. The monoisotopic (exact) mass is 324 g/mol. The van der Waals surface area contributed by atoms with E-state index in [2.05, 4.69) is 0 Å². The first kappa shape index (κ1) is 17.0. The normalized spacial score (nSPS) is 11.2. The Bertz CT molecular complexity index is 801. The molecule has 0 aliphatic rings. The zero-order chi connectivity index (χ0) is 17.5. The fourth-order valence-corrected chi connectivity index (χ4v) is 1.92. The van der Waals surface area contributed by atoms with Gasteiger partial charge in [0.25, 0.3) is 0 Å². The summed E-state index contributed by atoms with van der Waals surface area (Å²) in [7, 11) is 0. The molecule has 0 unspecified atom stereocenters. The highest BCUT2D eigenvalue weighted by atomic mass is 16.3. The van der Waals surface area contributed by atoms with Crippen molar-refractivity contribution >= 4 is 23.7 Å². The number of hydrogen-bond acceptors (Lipinski definition) is 5. The second-order valence-electron chi connectivity index (χ2n) is 5.11. The SMILES string of the molecule is O=C(C=Cc1ccc(O)cc1)CC(=O)C=Cc1ccc(O)cc1O. The lowest BCUT2D eigenvalue weighted by Gasteiger charge is -1.99. The van der Waals surface area contributed by atoms with E-state index in [4.69, 9.17) is 5.11 Å². The number of benzene rings is 2. The fraction of sp³-hybridized carbons (Fsp3) is 0.0526. The Kier molecular flexibility index (Phi) is 5.52. The number of hydrogen-bond donors (Lipinski definition) is 3. The quantitative estimate of drug-likeness (QED) is 0.561. The average Bonchev–Trinajstić information content (AvgIpc) is 2.53. The first-order valence-electron chi connectivity index (χ1n) is 7.17. The van der Waals surface area contributed by atoms with Crippen LogP contribution < -0.4 is 0 Å². The number of ketones is 2. The van der Waals surface area contributed by atoms with E-state index in [1.807, 2.05) is 0 Å². The maximum atomic E-state index is 11.8. The summed E-state index contributed by atoms with van der Waals surface area (Å²) in [5, 5.41) is 27.9. The Hall–Kier alpha value is -3.34. The molecule has 0 saturated carbocycles. The highest BCUT2D eigenvalue weighted by Gasteiger charge is 2.05. The molecule has 0 heterocycles. The zero-order valence-corrected chi connectivity index (χ0v) is 12.7. The number of carbonyl (C=O) groups excluding carboxylic acids is 2. The van der Waals surface area contributed by atoms with Gasteiger partial charge < -0.3 is 15.3 Å². The van der Waals surface area contributed by atoms with Crippen LogP contribution in [0.25, 0.3) is 12.2 Å². The molecule has 0 aromatic heterocycles. The van der Waals surface area contributed by atoms with Gasteiger partial charge >= 0.3 is 0 Å². The summed E-state index contributed by atoms with van der Waals surface area (Å²) in [6, 6.07) is 10.3. The number of allylic oxidation sites excluding steroid dienone is 2. The maximum Gasteiger partial charge on any atom is 0.163 e. The fourth-order valence-electron chi connectivity index (χ4n) is 1.92. The van der Waals surface area contributed by atoms with Gasteiger partial charge in [-0.3, -0.25) is 9.59 Å². The van der Waals surface area contributed by atoms with Crippen LogP contribution in [0.1, 0.15) is 17.5 Å². The van der Waals surface area contributed by atoms with Crippen molar-refractivity contribution < 1.29 is 24.9 Å². The summed E-state index contributed by atoms with van der Waals surface area (Å²) in [6.45, 7) is 0. The summed E-state index contributed by atoms with van der Waals surface area (Å²) in [5.41, 5.74) is 1.10. The minimum absolute atomic E-state index is 0.0782. The summed E-state index contributed by atoms with van der Waals surface area (Å²) in [5.74, 6) is -0.852. The molecular weight excluding hydrogens is 308 g/mol. The molecule has 0 aliphatic heterocycles. The van der Waals surface area contributed by atoms with Crippen LogP contribution in [0.2, 0.25) is 0 Å². The van der Waals surface area contributed by atoms with E-state index < -0.39 is 5.78 Å². The van der Waals surface area contributed by atoms with Crippen LogP contribution in [0.3, 0.4) is 0 Å². The van der Waals surface area contributed by atoms with E-state index in [9.17, 15) is 19.8 Å². The summed E-state index contributed by atoms with van der Waals surface area (Å²) in [4.78, 5) is 23.5. The minimum atomic E-state index is -0.400. The molecule has 0 spiro atoms. The van der Waals surface area contributed by atoms with Crippen molar-refractivity contribution in [3.8, 4) is 17.2 Å². The van der Waals surface area contributed by atoms with Crippen LogP contribution in [-0.2, 0) is 9.59 Å². The van der Waals surface area contributed by atoms with Crippen LogP contribution in [0.5, 0.6) is 17.2 Å². The molecule has 0 bridgehead atoms. The topological polar surface area (TPSA) is 94.8 Å². The number of aromatic hydroxyl groups is 3. The van der Waals surface area contributed by atoms with E-state index >= 15 is 0 Å². The average molecular weight is 324 g/mol. The van der Waals surface area contributed by atoms with Crippen LogP contribution in [-0.4, -0.2) is 26.9 Å². The lowest BCUT2D eigenvalue weighted by atomic mass is 10.1. The Morgan fingerprint density at radius 3 is 2.00 bits per heavy atom. The molecule has 2 rings (SSSR count). The van der Waals surface area contributed by atoms with Gasteiger partial charge in [-0.1, -0.05) is 18.2 Å². The Labute approximate surface area is 138 Å². The Morgan fingerprint density at radius 1 is 0.792 bits per heavy atom. The van der Waals surface area contributed by atoms with E-state index in [0.29, 0.717) is 5.56 Å². The highest BCUT2D eigenvalue weighted by Crippen LogP contribution is 2.23. The number of phenols is 3. The second kappa shape index (κ2) is 7.78. The van der Waals surface area contributed by atoms with Crippen molar-refractivity contribution in [1.82, 2.24) is 0 Å². The van der Waals surface area contributed by atoms with E-state index in [0.717, 1.165) is 11.6 Å². The first-order valence-corrected chi connectivity index (χ1v) is 7.17. The van der Waals surface area contributed by atoms with Gasteiger partial charge in [-0.05, 0) is 48.1 Å². The third-order valence-corrected chi connectivity index (χ3v) is 3.17. The lowest BCUT2D eigenvalue weighted by Crippen LogP contribution is -2.01. The molecule has 0 radical (unpaired) electrons. The molecule has 0 aliphatic carbocycles. The van der Waals surface area contributed by atoms with Crippen molar-refractivity contribution in [3.63, 3.8) is 0 Å². The molecule has 5 heteroatoms. The van der Waals surface area contributed by atoms with Gasteiger partial charge in [0, 0.05) is 11.6 Å². The van der Waals surface area contributed by atoms with Crippen LogP contribution in [0.4, 0.5) is 0 Å². The Balaban J connectivity index is 1.92. The molecule has 0 atom stereocenters. The van der Waals surface area contributed by atoms with Crippen molar-refractivity contribution in [2.24, 2.45) is 0 Å². The maximum absolute atomic E-state index is 11.8. The van der Waals surface area contributed by atoms with Gasteiger partial charge in [0.15, 0.2) is 11.6 Å². The van der Waals surface area contributed by atoms with Crippen LogP contribution in [0, 0.1) is 0 Å². The smallest absolute Gasteiger partial charge is 0.163 e. The summed E-state index contributed by atoms with van der Waals surface area (Å²) >= 11 is 0. The predicted octanol–water partition coefficient (Wildman–Crippen LogP) is 3.06. The van der Waals surface area contributed by atoms with Gasteiger partial charge in [-0.2, -0.15) is 0 Å². The third kappa shape index (κ3) is 5.14. The van der Waals surface area contributed by atoms with Gasteiger partial charge in [0.05, 0.1) is 6.42 Å². The van der Waals surface area contributed by atoms with Crippen molar-refractivity contribution in [1.29, 1.82) is 0 Å². The summed E-state index contributed by atoms with van der Waals surface area (Å²) in [6.07, 6.45) is 5.16. The third-order valence-electron chi connectivity index (χ3n) is 3.17. The molecule has 5 nitrogen and oxygen atoms in total. The van der Waals surface area contributed by atoms with Crippen molar-refractivity contribution in [3.05, 3.63) is 65.7 Å². The van der Waals surface area contributed by atoms with Crippen LogP contribution >= 0.6 is 0 Å². The molecule has 122 valence electrons. The van der Waals surface area contributed by atoms with Crippen molar-refractivity contribution in [2.75, 3.05) is 0 Å². The van der Waals surface area contributed by atoms with Crippen molar-refractivity contribution in [2.45, 2.75) is 6.42 Å². The Morgan fingerprint density at radius 2 is 1.38 bits per heavy atom. The molecule has 2 aromatic rings. The molecule has 3 N–H and O–H groups in total. The van der Waals surface area contributed by atoms with E-state index in [1.165, 1.54) is 42.5 Å². The van der Waals surface area contributed by atoms with Crippen LogP contribution in [0.15, 0.2) is 54.6 Å².